The summed E-state index contributed by atoms with van der Waals surface area (Å²) in [6, 6.07) is 13.2. The second-order valence-electron chi connectivity index (χ2n) is 14.6. The molecule has 13 nitrogen and oxygen atoms in total. The Hall–Kier alpha value is -4.23. The normalized spacial score (nSPS) is 17.2. The average Bonchev–Trinajstić information content (AvgIpc) is 3.47. The van der Waals surface area contributed by atoms with Crippen LogP contribution in [-0.2, 0) is 22.5 Å². The lowest BCUT2D eigenvalue weighted by atomic mass is 9.83. The van der Waals surface area contributed by atoms with Crippen molar-refractivity contribution < 1.29 is 29.0 Å². The molecule has 13 heteroatoms. The van der Waals surface area contributed by atoms with Gasteiger partial charge in [0.05, 0.1) is 43.5 Å². The fourth-order valence-corrected chi connectivity index (χ4v) is 6.37. The molecule has 1 aromatic carbocycles. The van der Waals surface area contributed by atoms with Crippen LogP contribution in [0.4, 0.5) is 14.4 Å². The first-order chi connectivity index (χ1) is 24.8. The highest BCUT2D eigenvalue weighted by atomic mass is 16.5. The van der Waals surface area contributed by atoms with Crippen LogP contribution in [0.5, 0.6) is 0 Å². The molecule has 1 saturated heterocycles. The molecule has 6 amide bonds. The maximum absolute atomic E-state index is 14.5. The van der Waals surface area contributed by atoms with Gasteiger partial charge in [0, 0.05) is 31.9 Å². The van der Waals surface area contributed by atoms with Gasteiger partial charge in [-0.15, -0.1) is 0 Å². The summed E-state index contributed by atoms with van der Waals surface area (Å²) >= 11 is 0. The molecule has 6 atom stereocenters. The third kappa shape index (κ3) is 12.5. The van der Waals surface area contributed by atoms with Crippen LogP contribution in [0.2, 0.25) is 0 Å². The highest BCUT2D eigenvalue weighted by Crippen LogP contribution is 2.28. The summed E-state index contributed by atoms with van der Waals surface area (Å²) in [6.07, 6.45) is 0.616. The number of pyridine rings is 1. The zero-order valence-corrected chi connectivity index (χ0v) is 32.3. The number of methoxy groups -OCH3 is 1. The first-order valence-electron chi connectivity index (χ1n) is 18.7. The third-order valence-electron chi connectivity index (χ3n) is 9.94. The highest BCUT2D eigenvalue weighted by Gasteiger charge is 2.43. The van der Waals surface area contributed by atoms with E-state index >= 15 is 0 Å². The number of amides is 6. The summed E-state index contributed by atoms with van der Waals surface area (Å²) in [6.45, 7) is 15.1. The SMILES string of the molecule is CCC(C)CN(C(=O)NN(CCC(C)C)CC(O)C(Cc1ccccc1)NC(=O)C(C(C)CC)C1CNC(=O)N1Cc1cccc(C)n1)C(=O)OC. The number of urea groups is 2. The number of hydrogen-bond acceptors (Lipinski definition) is 8. The zero-order chi connectivity index (χ0) is 38.4. The fourth-order valence-electron chi connectivity index (χ4n) is 6.37. The van der Waals surface area contributed by atoms with Crippen molar-refractivity contribution in [1.82, 2.24) is 35.9 Å². The molecule has 6 unspecified atom stereocenters. The third-order valence-corrected chi connectivity index (χ3v) is 9.94. The van der Waals surface area contributed by atoms with Crippen molar-refractivity contribution in [3.8, 4) is 0 Å². The van der Waals surface area contributed by atoms with E-state index in [0.29, 0.717) is 38.3 Å². The molecule has 0 aliphatic carbocycles. The number of carbonyl (C=O) groups is 4. The second kappa shape index (κ2) is 20.7. The molecular formula is C39H61N7O6. The van der Waals surface area contributed by atoms with Crippen molar-refractivity contribution in [2.24, 2.45) is 23.7 Å². The van der Waals surface area contributed by atoms with Crippen LogP contribution in [0.1, 0.15) is 77.8 Å². The number of nitrogens with zero attached hydrogens (tertiary/aromatic N) is 4. The predicted octanol–water partition coefficient (Wildman–Crippen LogP) is 5.12. The van der Waals surface area contributed by atoms with E-state index < -0.39 is 36.2 Å². The summed E-state index contributed by atoms with van der Waals surface area (Å²) in [7, 11) is 1.24. The molecule has 52 heavy (non-hydrogen) atoms. The van der Waals surface area contributed by atoms with Crippen molar-refractivity contribution in [3.63, 3.8) is 0 Å². The van der Waals surface area contributed by atoms with Gasteiger partial charge in [-0.05, 0) is 55.2 Å². The van der Waals surface area contributed by atoms with Gasteiger partial charge in [-0.3, -0.25) is 15.2 Å². The number of carbonyl (C=O) groups excluding carboxylic acids is 4. The number of rotatable bonds is 19. The lowest BCUT2D eigenvalue weighted by molar-refractivity contribution is -0.130. The Morgan fingerprint density at radius 3 is 2.37 bits per heavy atom. The topological polar surface area (TPSA) is 156 Å². The smallest absolute Gasteiger partial charge is 0.417 e. The molecule has 2 heterocycles. The number of aliphatic hydroxyl groups excluding tert-OH is 1. The molecule has 1 aromatic heterocycles. The van der Waals surface area contributed by atoms with Crippen LogP contribution in [0, 0.1) is 30.6 Å². The minimum atomic E-state index is -1.12. The fraction of sp³-hybridized carbons (Fsp3) is 0.615. The minimum Gasteiger partial charge on any atom is -0.452 e. The quantitative estimate of drug-likeness (QED) is 0.146. The van der Waals surface area contributed by atoms with Crippen molar-refractivity contribution in [3.05, 3.63) is 65.5 Å². The monoisotopic (exact) mass is 723 g/mol. The van der Waals surface area contributed by atoms with Gasteiger partial charge < -0.3 is 25.4 Å². The van der Waals surface area contributed by atoms with Crippen molar-refractivity contribution >= 4 is 24.1 Å². The van der Waals surface area contributed by atoms with Gasteiger partial charge in [0.1, 0.15) is 0 Å². The van der Waals surface area contributed by atoms with E-state index in [4.69, 9.17) is 4.74 Å². The van der Waals surface area contributed by atoms with Gasteiger partial charge >= 0.3 is 18.2 Å². The van der Waals surface area contributed by atoms with Crippen molar-refractivity contribution in [1.29, 1.82) is 0 Å². The number of ether oxygens (including phenoxy) is 1. The number of hydrazine groups is 1. The van der Waals surface area contributed by atoms with Gasteiger partial charge in [-0.25, -0.2) is 24.3 Å². The summed E-state index contributed by atoms with van der Waals surface area (Å²) in [5, 5.41) is 19.6. The van der Waals surface area contributed by atoms with Gasteiger partial charge in [-0.1, -0.05) is 90.8 Å². The number of benzene rings is 1. The Bertz CT molecular complexity index is 1440. The lowest BCUT2D eigenvalue weighted by Crippen LogP contribution is -2.58. The minimum absolute atomic E-state index is 0.0167. The van der Waals surface area contributed by atoms with Crippen molar-refractivity contribution in [2.75, 3.05) is 33.3 Å². The molecule has 1 aliphatic heterocycles. The number of aliphatic hydroxyl groups is 1. The molecular weight excluding hydrogens is 662 g/mol. The van der Waals surface area contributed by atoms with E-state index in [-0.39, 0.29) is 43.4 Å². The van der Waals surface area contributed by atoms with Crippen LogP contribution in [0.25, 0.3) is 0 Å². The van der Waals surface area contributed by atoms with Gasteiger partial charge in [0.25, 0.3) is 0 Å². The standard InChI is InChI=1S/C39H61N7O6/c1-9-27(5)23-46(39(51)52-8)38(50)43-44(20-19-26(3)4)25-34(47)32(21-30-16-12-11-13-17-30)42-36(48)35(28(6)10-2)33-22-40-37(49)45(33)24-31-18-14-15-29(7)41-31/h11-18,26-28,32-35,47H,9-10,19-25H2,1-8H3,(H,40,49)(H,42,48)(H,43,50). The maximum atomic E-state index is 14.5. The van der Waals surface area contributed by atoms with Crippen LogP contribution < -0.4 is 16.1 Å². The van der Waals surface area contributed by atoms with E-state index in [0.717, 1.165) is 28.3 Å². The first-order valence-corrected chi connectivity index (χ1v) is 18.7. The van der Waals surface area contributed by atoms with Crippen LogP contribution in [-0.4, -0.2) is 100 Å². The van der Waals surface area contributed by atoms with E-state index in [2.05, 4.69) is 34.9 Å². The Balaban J connectivity index is 1.90. The average molecular weight is 724 g/mol. The zero-order valence-electron chi connectivity index (χ0n) is 32.3. The summed E-state index contributed by atoms with van der Waals surface area (Å²) in [5.41, 5.74) is 5.34. The van der Waals surface area contributed by atoms with Gasteiger partial charge in [0.2, 0.25) is 5.91 Å². The Morgan fingerprint density at radius 1 is 1.04 bits per heavy atom. The molecule has 0 saturated carbocycles. The van der Waals surface area contributed by atoms with Crippen LogP contribution in [0.15, 0.2) is 48.5 Å². The number of imide groups is 1. The molecule has 4 N–H and O–H groups in total. The van der Waals surface area contributed by atoms with Crippen LogP contribution in [0.3, 0.4) is 0 Å². The maximum Gasteiger partial charge on any atom is 0.417 e. The lowest BCUT2D eigenvalue weighted by Gasteiger charge is -2.36. The summed E-state index contributed by atoms with van der Waals surface area (Å²) in [5.74, 6) is -0.578. The molecule has 288 valence electrons. The van der Waals surface area contributed by atoms with Gasteiger partial charge in [-0.2, -0.15) is 0 Å². The Morgan fingerprint density at radius 2 is 1.75 bits per heavy atom. The molecule has 1 aliphatic rings. The highest BCUT2D eigenvalue weighted by molar-refractivity contribution is 5.90. The summed E-state index contributed by atoms with van der Waals surface area (Å²) < 4.78 is 4.91. The number of aryl methyl sites for hydroxylation is 1. The molecule has 3 rings (SSSR count). The van der Waals surface area contributed by atoms with E-state index in [1.165, 1.54) is 7.11 Å². The predicted molar refractivity (Wildman–Crippen MR) is 201 cm³/mol. The molecule has 2 aromatic rings. The van der Waals surface area contributed by atoms with E-state index in [1.54, 1.807) is 9.91 Å². The van der Waals surface area contributed by atoms with Gasteiger partial charge in [0.15, 0.2) is 0 Å². The van der Waals surface area contributed by atoms with Crippen LogP contribution >= 0.6 is 0 Å². The molecule has 0 spiro atoms. The molecule has 1 fully saturated rings. The number of hydrogen-bond donors (Lipinski definition) is 4. The molecule has 0 radical (unpaired) electrons. The summed E-state index contributed by atoms with van der Waals surface area (Å²) in [4.78, 5) is 61.0. The number of nitrogens with one attached hydrogen (secondary N) is 3. The molecule has 0 bridgehead atoms. The Kier molecular flexibility index (Phi) is 16.8. The largest absolute Gasteiger partial charge is 0.452 e. The van der Waals surface area contributed by atoms with Crippen molar-refractivity contribution in [2.45, 2.75) is 98.9 Å². The first kappa shape index (κ1) is 42.2. The number of aromatic nitrogens is 1. The van der Waals surface area contributed by atoms with E-state index in [1.807, 2.05) is 83.1 Å². The second-order valence-corrected chi connectivity index (χ2v) is 14.6. The Labute approximate surface area is 309 Å². The van der Waals surface area contributed by atoms with E-state index in [9.17, 15) is 24.3 Å².